The quantitative estimate of drug-likeness (QED) is 0.688. The molecule has 0 aliphatic carbocycles. The number of morpholine rings is 1. The largest absolute Gasteiger partial charge is 0.481 e. The molecular formula is C9H15NO3. The molecule has 74 valence electrons. The Morgan fingerprint density at radius 3 is 2.54 bits per heavy atom. The van der Waals surface area contributed by atoms with Crippen molar-refractivity contribution in [3.63, 3.8) is 0 Å². The first-order valence-corrected chi connectivity index (χ1v) is 4.83. The Balaban J connectivity index is 1.78. The molecule has 2 heterocycles. The van der Waals surface area contributed by atoms with Crippen LogP contribution < -0.4 is 0 Å². The third-order valence-corrected chi connectivity index (χ3v) is 2.76. The normalized spacial score (nSPS) is 33.5. The molecule has 2 aliphatic heterocycles. The summed E-state index contributed by atoms with van der Waals surface area (Å²) in [7, 11) is 0. The molecule has 2 atom stereocenters. The van der Waals surface area contributed by atoms with Crippen molar-refractivity contribution >= 4 is 5.97 Å². The number of likely N-dealkylation sites (tertiary alicyclic amines) is 1. The van der Waals surface area contributed by atoms with Gasteiger partial charge in [-0.05, 0) is 12.8 Å². The van der Waals surface area contributed by atoms with Gasteiger partial charge in [-0.3, -0.25) is 9.69 Å². The molecule has 4 heteroatoms. The van der Waals surface area contributed by atoms with Gasteiger partial charge in [-0.15, -0.1) is 0 Å². The Kier molecular flexibility index (Phi) is 2.51. The summed E-state index contributed by atoms with van der Waals surface area (Å²) in [5.41, 5.74) is 0. The van der Waals surface area contributed by atoms with Crippen LogP contribution in [0.1, 0.15) is 19.3 Å². The Bertz CT molecular complexity index is 195. The highest BCUT2D eigenvalue weighted by atomic mass is 16.5. The standard InChI is InChI=1S/C9H15NO3/c11-9(12)3-4-10-5-7-1-2-8(6-10)13-7/h7-8H,1-6H2,(H,11,12). The molecular weight excluding hydrogens is 170 g/mol. The lowest BCUT2D eigenvalue weighted by molar-refractivity contribution is -0.138. The van der Waals surface area contributed by atoms with E-state index < -0.39 is 5.97 Å². The minimum absolute atomic E-state index is 0.249. The molecule has 2 bridgehead atoms. The predicted molar refractivity (Wildman–Crippen MR) is 46.6 cm³/mol. The van der Waals surface area contributed by atoms with Crippen LogP contribution in [0, 0.1) is 0 Å². The van der Waals surface area contributed by atoms with Gasteiger partial charge in [0.15, 0.2) is 0 Å². The third-order valence-electron chi connectivity index (χ3n) is 2.76. The van der Waals surface area contributed by atoms with Gasteiger partial charge in [0.2, 0.25) is 0 Å². The van der Waals surface area contributed by atoms with Crippen molar-refractivity contribution in [3.05, 3.63) is 0 Å². The number of hydrogen-bond acceptors (Lipinski definition) is 3. The van der Waals surface area contributed by atoms with Crippen LogP contribution in [0.2, 0.25) is 0 Å². The highest BCUT2D eigenvalue weighted by Crippen LogP contribution is 2.25. The van der Waals surface area contributed by atoms with Gasteiger partial charge in [-0.2, -0.15) is 0 Å². The summed E-state index contributed by atoms with van der Waals surface area (Å²) >= 11 is 0. The van der Waals surface area contributed by atoms with Gasteiger partial charge >= 0.3 is 5.97 Å². The van der Waals surface area contributed by atoms with Gasteiger partial charge in [-0.25, -0.2) is 0 Å². The SMILES string of the molecule is O=C(O)CCN1CC2CCC(C1)O2. The monoisotopic (exact) mass is 185 g/mol. The summed E-state index contributed by atoms with van der Waals surface area (Å²) in [5, 5.41) is 8.53. The first kappa shape index (κ1) is 8.97. The number of rotatable bonds is 3. The van der Waals surface area contributed by atoms with Crippen molar-refractivity contribution in [2.45, 2.75) is 31.5 Å². The molecule has 0 aromatic carbocycles. The fourth-order valence-corrected chi connectivity index (χ4v) is 2.14. The van der Waals surface area contributed by atoms with Gasteiger partial charge < -0.3 is 9.84 Å². The fourth-order valence-electron chi connectivity index (χ4n) is 2.14. The molecule has 2 saturated heterocycles. The predicted octanol–water partition coefficient (Wildman–Crippen LogP) is 0.324. The number of fused-ring (bicyclic) bond motifs is 2. The average molecular weight is 185 g/mol. The molecule has 0 spiro atoms. The minimum Gasteiger partial charge on any atom is -0.481 e. The van der Waals surface area contributed by atoms with E-state index in [4.69, 9.17) is 9.84 Å². The van der Waals surface area contributed by atoms with Crippen LogP contribution in [0.15, 0.2) is 0 Å². The van der Waals surface area contributed by atoms with Gasteiger partial charge in [-0.1, -0.05) is 0 Å². The second kappa shape index (κ2) is 3.64. The molecule has 2 unspecified atom stereocenters. The molecule has 0 aromatic rings. The molecule has 0 amide bonds. The highest BCUT2D eigenvalue weighted by molar-refractivity contribution is 5.66. The Labute approximate surface area is 77.5 Å². The highest BCUT2D eigenvalue weighted by Gasteiger charge is 2.33. The molecule has 2 aliphatic rings. The summed E-state index contributed by atoms with van der Waals surface area (Å²) in [4.78, 5) is 12.6. The maximum absolute atomic E-state index is 10.4. The third kappa shape index (κ3) is 2.19. The number of carboxylic acid groups (broad SMARTS) is 1. The van der Waals surface area contributed by atoms with E-state index >= 15 is 0 Å². The number of carbonyl (C=O) groups is 1. The molecule has 1 N–H and O–H groups in total. The van der Waals surface area contributed by atoms with Crippen LogP contribution in [0.4, 0.5) is 0 Å². The van der Waals surface area contributed by atoms with Crippen LogP contribution in [0.25, 0.3) is 0 Å². The summed E-state index contributed by atoms with van der Waals surface area (Å²) in [6.45, 7) is 2.51. The van der Waals surface area contributed by atoms with Gasteiger partial charge in [0, 0.05) is 19.6 Å². The van der Waals surface area contributed by atoms with Gasteiger partial charge in [0.05, 0.1) is 18.6 Å². The van der Waals surface area contributed by atoms with E-state index in [0.717, 1.165) is 25.9 Å². The van der Waals surface area contributed by atoms with Crippen molar-refractivity contribution in [3.8, 4) is 0 Å². The van der Waals surface area contributed by atoms with E-state index in [0.29, 0.717) is 18.8 Å². The first-order valence-electron chi connectivity index (χ1n) is 4.83. The summed E-state index contributed by atoms with van der Waals surface area (Å²) < 4.78 is 5.65. The van der Waals surface area contributed by atoms with Crippen LogP contribution in [-0.2, 0) is 9.53 Å². The van der Waals surface area contributed by atoms with Crippen molar-refractivity contribution < 1.29 is 14.6 Å². The lowest BCUT2D eigenvalue weighted by Crippen LogP contribution is -2.43. The lowest BCUT2D eigenvalue weighted by Gasteiger charge is -2.31. The molecule has 4 nitrogen and oxygen atoms in total. The lowest BCUT2D eigenvalue weighted by atomic mass is 10.2. The van der Waals surface area contributed by atoms with Crippen LogP contribution in [0.3, 0.4) is 0 Å². The minimum atomic E-state index is -0.709. The first-order chi connectivity index (χ1) is 6.24. The zero-order chi connectivity index (χ0) is 9.26. The van der Waals surface area contributed by atoms with Gasteiger partial charge in [0.25, 0.3) is 0 Å². The number of carboxylic acids is 1. The van der Waals surface area contributed by atoms with Crippen molar-refractivity contribution in [1.82, 2.24) is 4.90 Å². The zero-order valence-electron chi connectivity index (χ0n) is 7.61. The molecule has 0 radical (unpaired) electrons. The molecule has 13 heavy (non-hydrogen) atoms. The van der Waals surface area contributed by atoms with E-state index in [9.17, 15) is 4.79 Å². The molecule has 2 fully saturated rings. The molecule has 2 rings (SSSR count). The Morgan fingerprint density at radius 1 is 1.38 bits per heavy atom. The zero-order valence-corrected chi connectivity index (χ0v) is 7.61. The van der Waals surface area contributed by atoms with Crippen LogP contribution in [-0.4, -0.2) is 47.8 Å². The number of hydrogen-bond donors (Lipinski definition) is 1. The smallest absolute Gasteiger partial charge is 0.304 e. The van der Waals surface area contributed by atoms with Crippen molar-refractivity contribution in [2.24, 2.45) is 0 Å². The number of nitrogens with zero attached hydrogens (tertiary/aromatic N) is 1. The van der Waals surface area contributed by atoms with Crippen LogP contribution in [0.5, 0.6) is 0 Å². The van der Waals surface area contributed by atoms with E-state index in [1.165, 1.54) is 0 Å². The van der Waals surface area contributed by atoms with E-state index in [1.807, 2.05) is 0 Å². The van der Waals surface area contributed by atoms with E-state index in [2.05, 4.69) is 4.90 Å². The maximum atomic E-state index is 10.4. The maximum Gasteiger partial charge on any atom is 0.304 e. The number of aliphatic carboxylic acids is 1. The fraction of sp³-hybridized carbons (Fsp3) is 0.889. The second-order valence-electron chi connectivity index (χ2n) is 3.86. The summed E-state index contributed by atoms with van der Waals surface area (Å²) in [6, 6.07) is 0. The van der Waals surface area contributed by atoms with E-state index in [-0.39, 0.29) is 6.42 Å². The van der Waals surface area contributed by atoms with Crippen molar-refractivity contribution in [2.75, 3.05) is 19.6 Å². The number of ether oxygens (including phenoxy) is 1. The summed E-state index contributed by atoms with van der Waals surface area (Å²) in [6.07, 6.45) is 3.28. The Morgan fingerprint density at radius 2 is 2.00 bits per heavy atom. The Hall–Kier alpha value is -0.610. The van der Waals surface area contributed by atoms with Gasteiger partial charge in [0.1, 0.15) is 0 Å². The molecule has 0 saturated carbocycles. The average Bonchev–Trinajstić information content (AvgIpc) is 2.42. The topological polar surface area (TPSA) is 49.8 Å². The van der Waals surface area contributed by atoms with E-state index in [1.54, 1.807) is 0 Å². The second-order valence-corrected chi connectivity index (χ2v) is 3.86. The summed E-state index contributed by atoms with van der Waals surface area (Å²) in [5.74, 6) is -0.709. The molecule has 0 aromatic heterocycles. The van der Waals surface area contributed by atoms with Crippen LogP contribution >= 0.6 is 0 Å². The van der Waals surface area contributed by atoms with Crippen molar-refractivity contribution in [1.29, 1.82) is 0 Å².